The summed E-state index contributed by atoms with van der Waals surface area (Å²) in [7, 11) is 0. The summed E-state index contributed by atoms with van der Waals surface area (Å²) in [6.45, 7) is 0. The summed E-state index contributed by atoms with van der Waals surface area (Å²) in [6.07, 6.45) is 0. The summed E-state index contributed by atoms with van der Waals surface area (Å²) in [5.41, 5.74) is 11.4. The Hall–Kier alpha value is -3.79. The average molecular weight is 353 g/mol. The second-order valence-electron chi connectivity index (χ2n) is 6.25. The first kappa shape index (κ1) is 16.7. The van der Waals surface area contributed by atoms with Gasteiger partial charge < -0.3 is 16.0 Å². The van der Waals surface area contributed by atoms with Gasteiger partial charge in [-0.05, 0) is 23.8 Å². The fourth-order valence-corrected chi connectivity index (χ4v) is 3.05. The molecule has 0 aliphatic carbocycles. The van der Waals surface area contributed by atoms with E-state index in [-0.39, 0.29) is 5.91 Å². The van der Waals surface area contributed by atoms with E-state index in [1.807, 2.05) is 72.8 Å². The molecule has 0 aliphatic rings. The third kappa shape index (κ3) is 3.46. The van der Waals surface area contributed by atoms with Crippen molar-refractivity contribution in [3.8, 4) is 22.5 Å². The molecule has 0 fully saturated rings. The smallest absolute Gasteiger partial charge is 0.257 e. The Balaban J connectivity index is 1.76. The molecule has 4 N–H and O–H groups in total. The zero-order chi connectivity index (χ0) is 18.6. The molecule has 0 atom stereocenters. The highest BCUT2D eigenvalue weighted by atomic mass is 16.1. The molecule has 4 aromatic rings. The van der Waals surface area contributed by atoms with Crippen LogP contribution in [0.15, 0.2) is 91.0 Å². The van der Waals surface area contributed by atoms with Gasteiger partial charge in [0.15, 0.2) is 0 Å². The van der Waals surface area contributed by atoms with Gasteiger partial charge >= 0.3 is 0 Å². The summed E-state index contributed by atoms with van der Waals surface area (Å²) in [5, 5.41) is 3.01. The summed E-state index contributed by atoms with van der Waals surface area (Å²) >= 11 is 0. The zero-order valence-corrected chi connectivity index (χ0v) is 14.6. The summed E-state index contributed by atoms with van der Waals surface area (Å²) in [5.74, 6) is -0.233. The van der Waals surface area contributed by atoms with Crippen LogP contribution in [0.1, 0.15) is 10.4 Å². The van der Waals surface area contributed by atoms with Crippen LogP contribution < -0.4 is 11.1 Å². The van der Waals surface area contributed by atoms with E-state index in [1.165, 1.54) is 0 Å². The predicted octanol–water partition coefficient (Wildman–Crippen LogP) is 5.18. The molecule has 4 heteroatoms. The number of H-pyrrole nitrogens is 1. The molecule has 0 radical (unpaired) electrons. The Kier molecular flexibility index (Phi) is 4.45. The lowest BCUT2D eigenvalue weighted by Crippen LogP contribution is -2.14. The lowest BCUT2D eigenvalue weighted by molar-refractivity contribution is 0.102. The quantitative estimate of drug-likeness (QED) is 0.442. The van der Waals surface area contributed by atoms with Crippen LogP contribution in [-0.2, 0) is 0 Å². The highest BCUT2D eigenvalue weighted by Crippen LogP contribution is 2.33. The Morgan fingerprint density at radius 1 is 0.778 bits per heavy atom. The number of rotatable bonds is 4. The molecule has 1 aromatic heterocycles. The van der Waals surface area contributed by atoms with Crippen molar-refractivity contribution in [1.29, 1.82) is 0 Å². The summed E-state index contributed by atoms with van der Waals surface area (Å²) in [4.78, 5) is 16.2. The van der Waals surface area contributed by atoms with Gasteiger partial charge in [-0.25, -0.2) is 0 Å². The van der Waals surface area contributed by atoms with E-state index in [4.69, 9.17) is 5.73 Å². The van der Waals surface area contributed by atoms with Crippen LogP contribution in [0, 0.1) is 0 Å². The number of hydrogen-bond donors (Lipinski definition) is 3. The molecule has 0 aliphatic heterocycles. The molecule has 1 heterocycles. The fourth-order valence-electron chi connectivity index (χ4n) is 3.05. The first-order valence-corrected chi connectivity index (χ1v) is 8.72. The number of anilines is 2. The van der Waals surface area contributed by atoms with Crippen LogP contribution in [0.3, 0.4) is 0 Å². The topological polar surface area (TPSA) is 70.9 Å². The molecule has 3 aromatic carbocycles. The van der Waals surface area contributed by atoms with E-state index < -0.39 is 0 Å². The van der Waals surface area contributed by atoms with Crippen LogP contribution in [0.25, 0.3) is 22.5 Å². The fraction of sp³-hybridized carbons (Fsp3) is 0. The van der Waals surface area contributed by atoms with Gasteiger partial charge in [0.1, 0.15) is 0 Å². The molecular weight excluding hydrogens is 334 g/mol. The standard InChI is InChI=1S/C23H19N3O/c24-19-14-8-7-13-18(19)23(27)26-21-15-20(16-9-3-1-4-10-16)25-22(21)17-11-5-2-6-12-17/h1-15,25H,24H2,(H,26,27). The number of amides is 1. The third-order valence-electron chi connectivity index (χ3n) is 4.42. The van der Waals surface area contributed by atoms with Crippen LogP contribution >= 0.6 is 0 Å². The largest absolute Gasteiger partial charge is 0.398 e. The first-order valence-electron chi connectivity index (χ1n) is 8.72. The maximum atomic E-state index is 12.8. The van der Waals surface area contributed by atoms with Crippen molar-refractivity contribution in [2.45, 2.75) is 0 Å². The maximum Gasteiger partial charge on any atom is 0.257 e. The molecular formula is C23H19N3O. The van der Waals surface area contributed by atoms with Crippen molar-refractivity contribution in [3.63, 3.8) is 0 Å². The van der Waals surface area contributed by atoms with Gasteiger partial charge in [0, 0.05) is 16.9 Å². The van der Waals surface area contributed by atoms with E-state index in [0.29, 0.717) is 16.9 Å². The minimum Gasteiger partial charge on any atom is -0.398 e. The van der Waals surface area contributed by atoms with Crippen molar-refractivity contribution in [3.05, 3.63) is 96.6 Å². The lowest BCUT2D eigenvalue weighted by atomic mass is 10.1. The van der Waals surface area contributed by atoms with Crippen LogP contribution in [-0.4, -0.2) is 10.9 Å². The molecule has 0 unspecified atom stereocenters. The van der Waals surface area contributed by atoms with Crippen LogP contribution in [0.2, 0.25) is 0 Å². The molecule has 1 amide bonds. The van der Waals surface area contributed by atoms with Gasteiger partial charge in [0.05, 0.1) is 16.9 Å². The Labute approximate surface area is 157 Å². The second kappa shape index (κ2) is 7.22. The number of carbonyl (C=O) groups is 1. The number of aromatic amines is 1. The van der Waals surface area contributed by atoms with Gasteiger partial charge in [0.2, 0.25) is 0 Å². The SMILES string of the molecule is Nc1ccccc1C(=O)Nc1cc(-c2ccccc2)[nH]c1-c1ccccc1. The van der Waals surface area contributed by atoms with Crippen molar-refractivity contribution in [1.82, 2.24) is 4.98 Å². The maximum absolute atomic E-state index is 12.8. The lowest BCUT2D eigenvalue weighted by Gasteiger charge is -2.08. The average Bonchev–Trinajstić information content (AvgIpc) is 3.13. The Bertz CT molecular complexity index is 1070. The van der Waals surface area contributed by atoms with E-state index in [0.717, 1.165) is 22.5 Å². The number of carbonyl (C=O) groups excluding carboxylic acids is 1. The minimum atomic E-state index is -0.233. The number of nitrogens with one attached hydrogen (secondary N) is 2. The monoisotopic (exact) mass is 353 g/mol. The Morgan fingerprint density at radius 2 is 1.37 bits per heavy atom. The highest BCUT2D eigenvalue weighted by Gasteiger charge is 2.16. The number of nitrogen functional groups attached to an aromatic ring is 1. The molecule has 4 rings (SSSR count). The van der Waals surface area contributed by atoms with E-state index in [1.54, 1.807) is 18.2 Å². The number of nitrogens with two attached hydrogens (primary N) is 1. The van der Waals surface area contributed by atoms with Gasteiger partial charge in [0.25, 0.3) is 5.91 Å². The van der Waals surface area contributed by atoms with E-state index >= 15 is 0 Å². The summed E-state index contributed by atoms with van der Waals surface area (Å²) < 4.78 is 0. The molecule has 4 nitrogen and oxygen atoms in total. The van der Waals surface area contributed by atoms with E-state index in [9.17, 15) is 4.79 Å². The minimum absolute atomic E-state index is 0.233. The van der Waals surface area contributed by atoms with Crippen molar-refractivity contribution >= 4 is 17.3 Å². The zero-order valence-electron chi connectivity index (χ0n) is 14.6. The molecule has 27 heavy (non-hydrogen) atoms. The van der Waals surface area contributed by atoms with Crippen molar-refractivity contribution in [2.75, 3.05) is 11.1 Å². The predicted molar refractivity (Wildman–Crippen MR) is 110 cm³/mol. The van der Waals surface area contributed by atoms with E-state index in [2.05, 4.69) is 10.3 Å². The first-order chi connectivity index (χ1) is 13.2. The summed E-state index contributed by atoms with van der Waals surface area (Å²) in [6, 6.07) is 28.9. The van der Waals surface area contributed by atoms with Gasteiger partial charge in [-0.2, -0.15) is 0 Å². The van der Waals surface area contributed by atoms with Crippen molar-refractivity contribution in [2.24, 2.45) is 0 Å². The number of aromatic nitrogens is 1. The molecule has 0 saturated heterocycles. The number of para-hydroxylation sites is 1. The van der Waals surface area contributed by atoms with Crippen LogP contribution in [0.5, 0.6) is 0 Å². The van der Waals surface area contributed by atoms with Crippen molar-refractivity contribution < 1.29 is 4.79 Å². The van der Waals surface area contributed by atoms with Gasteiger partial charge in [-0.1, -0.05) is 72.8 Å². The molecule has 0 saturated carbocycles. The molecule has 0 spiro atoms. The Morgan fingerprint density at radius 3 is 2.04 bits per heavy atom. The van der Waals surface area contributed by atoms with Gasteiger partial charge in [-0.3, -0.25) is 4.79 Å². The second-order valence-corrected chi connectivity index (χ2v) is 6.25. The number of benzene rings is 3. The molecule has 0 bridgehead atoms. The normalized spacial score (nSPS) is 10.5. The van der Waals surface area contributed by atoms with Crippen LogP contribution in [0.4, 0.5) is 11.4 Å². The molecule has 132 valence electrons. The van der Waals surface area contributed by atoms with Gasteiger partial charge in [-0.15, -0.1) is 0 Å². The number of hydrogen-bond acceptors (Lipinski definition) is 2. The third-order valence-corrected chi connectivity index (χ3v) is 4.42. The highest BCUT2D eigenvalue weighted by molar-refractivity contribution is 6.09.